The summed E-state index contributed by atoms with van der Waals surface area (Å²) in [6.45, 7) is 0. The summed E-state index contributed by atoms with van der Waals surface area (Å²) in [6.07, 6.45) is -1.07. The minimum Gasteiger partial charge on any atom is -0.340 e. The molecule has 27 heavy (non-hydrogen) atoms. The van der Waals surface area contributed by atoms with E-state index in [1.165, 1.54) is 12.1 Å². The molecule has 7 heteroatoms. The summed E-state index contributed by atoms with van der Waals surface area (Å²) in [5.74, 6) is 1.03. The van der Waals surface area contributed by atoms with Gasteiger partial charge in [-0.05, 0) is 48.5 Å². The summed E-state index contributed by atoms with van der Waals surface area (Å²) in [7, 11) is 0. The molecule has 134 valence electrons. The van der Waals surface area contributed by atoms with Crippen LogP contribution in [0.3, 0.4) is 0 Å². The monoisotopic (exact) mass is 366 g/mol. The Balaban J connectivity index is 1.76. The summed E-state index contributed by atoms with van der Waals surface area (Å²) < 4.78 is 38.2. The van der Waals surface area contributed by atoms with Crippen molar-refractivity contribution < 1.29 is 13.2 Å². The minimum absolute atomic E-state index is 0.505. The maximum atomic E-state index is 12.7. The van der Waals surface area contributed by atoms with Crippen LogP contribution in [0.15, 0.2) is 73.1 Å². The number of nitrogens with zero attached hydrogens (tertiary/aromatic N) is 3. The van der Waals surface area contributed by atoms with Crippen molar-refractivity contribution in [2.24, 2.45) is 0 Å². The first-order chi connectivity index (χ1) is 13.0. The largest absolute Gasteiger partial charge is 0.416 e. The Morgan fingerprint density at radius 3 is 2.19 bits per heavy atom. The molecule has 0 radical (unpaired) electrons. The lowest BCUT2D eigenvalue weighted by atomic mass is 10.2. The van der Waals surface area contributed by atoms with E-state index in [0.29, 0.717) is 17.3 Å². The number of rotatable bonds is 3. The number of para-hydroxylation sites is 1. The highest BCUT2D eigenvalue weighted by Gasteiger charge is 2.29. The molecule has 0 amide bonds. The fraction of sp³-hybridized carbons (Fsp3) is 0.0500. The third-order valence-corrected chi connectivity index (χ3v) is 4.02. The first-order valence-corrected chi connectivity index (χ1v) is 8.12. The summed E-state index contributed by atoms with van der Waals surface area (Å²) in [5, 5.41) is 3.87. The van der Waals surface area contributed by atoms with E-state index in [4.69, 9.17) is 0 Å². The molecule has 0 fully saturated rings. The lowest BCUT2D eigenvalue weighted by Gasteiger charge is -2.12. The van der Waals surface area contributed by atoms with Crippen molar-refractivity contribution >= 4 is 22.4 Å². The summed E-state index contributed by atoms with van der Waals surface area (Å²) in [6, 6.07) is 15.9. The number of hydrogen-bond acceptors (Lipinski definition) is 4. The van der Waals surface area contributed by atoms with Crippen LogP contribution in [0.4, 0.5) is 24.7 Å². The number of benzene rings is 2. The van der Waals surface area contributed by atoms with Gasteiger partial charge in [0.1, 0.15) is 5.82 Å². The van der Waals surface area contributed by atoms with Crippen molar-refractivity contribution in [3.63, 3.8) is 0 Å². The van der Waals surface area contributed by atoms with Crippen molar-refractivity contribution in [3.05, 3.63) is 78.6 Å². The van der Waals surface area contributed by atoms with Crippen LogP contribution in [0.25, 0.3) is 22.3 Å². The van der Waals surface area contributed by atoms with E-state index in [1.807, 2.05) is 24.3 Å². The molecule has 0 atom stereocenters. The van der Waals surface area contributed by atoms with E-state index in [1.54, 1.807) is 24.5 Å². The normalized spacial score (nSPS) is 11.5. The molecule has 0 unspecified atom stereocenters. The van der Waals surface area contributed by atoms with Gasteiger partial charge in [0, 0.05) is 29.0 Å². The van der Waals surface area contributed by atoms with E-state index in [-0.39, 0.29) is 0 Å². The van der Waals surface area contributed by atoms with Gasteiger partial charge in [-0.2, -0.15) is 13.2 Å². The smallest absolute Gasteiger partial charge is 0.340 e. The van der Waals surface area contributed by atoms with Crippen molar-refractivity contribution in [2.45, 2.75) is 6.18 Å². The molecule has 0 saturated carbocycles. The van der Waals surface area contributed by atoms with Crippen LogP contribution in [0.1, 0.15) is 5.56 Å². The minimum atomic E-state index is -4.37. The molecule has 4 nitrogen and oxygen atoms in total. The highest BCUT2D eigenvalue weighted by atomic mass is 19.4. The fourth-order valence-electron chi connectivity index (χ4n) is 2.68. The van der Waals surface area contributed by atoms with Gasteiger partial charge in [0.25, 0.3) is 0 Å². The molecular weight excluding hydrogens is 353 g/mol. The number of fused-ring (bicyclic) bond motifs is 1. The van der Waals surface area contributed by atoms with Gasteiger partial charge in [-0.1, -0.05) is 12.1 Å². The van der Waals surface area contributed by atoms with Crippen LogP contribution in [-0.4, -0.2) is 15.0 Å². The summed E-state index contributed by atoms with van der Waals surface area (Å²) >= 11 is 0. The summed E-state index contributed by atoms with van der Waals surface area (Å²) in [4.78, 5) is 13.1. The highest BCUT2D eigenvalue weighted by Crippen LogP contribution is 2.31. The SMILES string of the molecule is FC(F)(F)c1ccc(Nc2nc(-c3ccncc3)nc3ccccc23)cc1. The zero-order valence-corrected chi connectivity index (χ0v) is 13.9. The molecule has 2 heterocycles. The van der Waals surface area contributed by atoms with Gasteiger partial charge in [-0.15, -0.1) is 0 Å². The Morgan fingerprint density at radius 2 is 1.48 bits per heavy atom. The third kappa shape index (κ3) is 3.57. The average molecular weight is 366 g/mol. The number of nitrogens with one attached hydrogen (secondary N) is 1. The number of aromatic nitrogens is 3. The Hall–Kier alpha value is -3.48. The molecule has 0 aliphatic heterocycles. The second-order valence-corrected chi connectivity index (χ2v) is 5.85. The number of anilines is 2. The van der Waals surface area contributed by atoms with Crippen molar-refractivity contribution in [1.29, 1.82) is 0 Å². The summed E-state index contributed by atoms with van der Waals surface area (Å²) in [5.41, 5.74) is 1.34. The fourth-order valence-corrected chi connectivity index (χ4v) is 2.68. The van der Waals surface area contributed by atoms with Crippen LogP contribution in [-0.2, 0) is 6.18 Å². The van der Waals surface area contributed by atoms with E-state index in [9.17, 15) is 13.2 Å². The molecule has 2 aromatic heterocycles. The Labute approximate surface area is 152 Å². The van der Waals surface area contributed by atoms with E-state index in [2.05, 4.69) is 20.3 Å². The molecule has 0 aliphatic rings. The third-order valence-electron chi connectivity index (χ3n) is 4.02. The van der Waals surface area contributed by atoms with Crippen molar-refractivity contribution in [2.75, 3.05) is 5.32 Å². The second-order valence-electron chi connectivity index (χ2n) is 5.85. The number of pyridine rings is 1. The first-order valence-electron chi connectivity index (χ1n) is 8.12. The predicted octanol–water partition coefficient (Wildman–Crippen LogP) is 5.45. The molecule has 0 bridgehead atoms. The van der Waals surface area contributed by atoms with Gasteiger partial charge in [0.2, 0.25) is 0 Å². The van der Waals surface area contributed by atoms with Crippen LogP contribution in [0.2, 0.25) is 0 Å². The second kappa shape index (κ2) is 6.68. The standard InChI is InChI=1S/C20H13F3N4/c21-20(22,23)14-5-7-15(8-6-14)25-19-16-3-1-2-4-17(16)26-18(27-19)13-9-11-24-12-10-13/h1-12H,(H,25,26,27). The van der Waals surface area contributed by atoms with E-state index >= 15 is 0 Å². The zero-order valence-electron chi connectivity index (χ0n) is 13.9. The van der Waals surface area contributed by atoms with Crippen LogP contribution in [0.5, 0.6) is 0 Å². The zero-order chi connectivity index (χ0) is 18.9. The molecule has 4 aromatic rings. The van der Waals surface area contributed by atoms with Crippen molar-refractivity contribution in [3.8, 4) is 11.4 Å². The van der Waals surface area contributed by atoms with Gasteiger partial charge in [-0.25, -0.2) is 9.97 Å². The molecular formula is C20H13F3N4. The molecule has 0 saturated heterocycles. The quantitative estimate of drug-likeness (QED) is 0.523. The highest BCUT2D eigenvalue weighted by molar-refractivity contribution is 5.92. The Kier molecular flexibility index (Phi) is 4.19. The van der Waals surface area contributed by atoms with Gasteiger partial charge in [0.15, 0.2) is 5.82 Å². The van der Waals surface area contributed by atoms with Gasteiger partial charge < -0.3 is 5.32 Å². The van der Waals surface area contributed by atoms with Crippen molar-refractivity contribution in [1.82, 2.24) is 15.0 Å². The topological polar surface area (TPSA) is 50.7 Å². The Bertz CT molecular complexity index is 1080. The van der Waals surface area contributed by atoms with Gasteiger partial charge in [0.05, 0.1) is 11.1 Å². The maximum absolute atomic E-state index is 12.7. The molecule has 2 aromatic carbocycles. The average Bonchev–Trinajstić information content (AvgIpc) is 2.68. The first kappa shape index (κ1) is 17.0. The number of hydrogen-bond donors (Lipinski definition) is 1. The molecule has 4 rings (SSSR count). The molecule has 1 N–H and O–H groups in total. The maximum Gasteiger partial charge on any atom is 0.416 e. The molecule has 0 aliphatic carbocycles. The Morgan fingerprint density at radius 1 is 0.778 bits per heavy atom. The van der Waals surface area contributed by atoms with Crippen LogP contribution in [0, 0.1) is 0 Å². The molecule has 0 spiro atoms. The van der Waals surface area contributed by atoms with Gasteiger partial charge in [-0.3, -0.25) is 4.98 Å². The lowest BCUT2D eigenvalue weighted by molar-refractivity contribution is -0.137. The van der Waals surface area contributed by atoms with E-state index in [0.717, 1.165) is 28.6 Å². The van der Waals surface area contributed by atoms with Crippen LogP contribution < -0.4 is 5.32 Å². The van der Waals surface area contributed by atoms with Crippen LogP contribution >= 0.6 is 0 Å². The van der Waals surface area contributed by atoms with E-state index < -0.39 is 11.7 Å². The predicted molar refractivity (Wildman–Crippen MR) is 97.5 cm³/mol. The van der Waals surface area contributed by atoms with Gasteiger partial charge >= 0.3 is 6.18 Å². The number of halogens is 3. The number of alkyl halides is 3. The lowest BCUT2D eigenvalue weighted by Crippen LogP contribution is -2.05.